The number of carbonyl (C=O) groups excluding carboxylic acids is 1. The highest BCUT2D eigenvalue weighted by atomic mass is 16.4. The molecule has 1 amide bonds. The Labute approximate surface area is 87.1 Å². The molecule has 5 heteroatoms. The summed E-state index contributed by atoms with van der Waals surface area (Å²) in [5.41, 5.74) is 0.961. The smallest absolute Gasteiger partial charge is 0.322 e. The third-order valence-corrected chi connectivity index (χ3v) is 1.80. The van der Waals surface area contributed by atoms with Gasteiger partial charge in [0, 0.05) is 18.8 Å². The second-order valence-corrected chi connectivity index (χ2v) is 3.03. The number of carbonyl (C=O) groups is 2. The summed E-state index contributed by atoms with van der Waals surface area (Å²) in [6.45, 7) is -0.328. The highest BCUT2D eigenvalue weighted by Gasteiger charge is 2.03. The molecule has 0 aliphatic rings. The number of aryl methyl sites for hydroxylation is 1. The maximum Gasteiger partial charge on any atom is 0.322 e. The van der Waals surface area contributed by atoms with Crippen LogP contribution < -0.4 is 5.32 Å². The summed E-state index contributed by atoms with van der Waals surface area (Å²) in [4.78, 5) is 25.2. The van der Waals surface area contributed by atoms with Gasteiger partial charge in [-0.1, -0.05) is 6.07 Å². The van der Waals surface area contributed by atoms with Crippen LogP contribution in [0.5, 0.6) is 0 Å². The van der Waals surface area contributed by atoms with Gasteiger partial charge in [-0.25, -0.2) is 0 Å². The second kappa shape index (κ2) is 5.74. The molecule has 0 unspecified atom stereocenters. The van der Waals surface area contributed by atoms with Crippen molar-refractivity contribution < 1.29 is 14.7 Å². The van der Waals surface area contributed by atoms with E-state index >= 15 is 0 Å². The van der Waals surface area contributed by atoms with Crippen LogP contribution >= 0.6 is 0 Å². The molecule has 80 valence electrons. The normalized spacial score (nSPS) is 9.60. The number of carboxylic acid groups (broad SMARTS) is 1. The zero-order chi connectivity index (χ0) is 11.1. The van der Waals surface area contributed by atoms with Crippen LogP contribution in [-0.2, 0) is 16.0 Å². The van der Waals surface area contributed by atoms with E-state index in [2.05, 4.69) is 10.3 Å². The Kier molecular flexibility index (Phi) is 4.28. The molecule has 0 aliphatic carbocycles. The van der Waals surface area contributed by atoms with Gasteiger partial charge in [0.05, 0.1) is 0 Å². The van der Waals surface area contributed by atoms with Gasteiger partial charge in [-0.3, -0.25) is 14.6 Å². The predicted octanol–water partition coefficient (Wildman–Crippen LogP) is 0.215. The second-order valence-electron chi connectivity index (χ2n) is 3.03. The lowest BCUT2D eigenvalue weighted by atomic mass is 10.1. The van der Waals surface area contributed by atoms with E-state index in [4.69, 9.17) is 5.11 Å². The van der Waals surface area contributed by atoms with E-state index < -0.39 is 5.97 Å². The Morgan fingerprint density at radius 3 is 2.87 bits per heavy atom. The zero-order valence-corrected chi connectivity index (χ0v) is 8.14. The van der Waals surface area contributed by atoms with E-state index in [9.17, 15) is 9.59 Å². The predicted molar refractivity (Wildman–Crippen MR) is 53.2 cm³/mol. The van der Waals surface area contributed by atoms with Crippen LogP contribution in [0.3, 0.4) is 0 Å². The fourth-order valence-corrected chi connectivity index (χ4v) is 1.07. The van der Waals surface area contributed by atoms with Gasteiger partial charge < -0.3 is 10.4 Å². The standard InChI is InChI=1S/C10H12N2O3/c13-9(12-7-10(14)15)4-3-8-2-1-5-11-6-8/h1-2,5-6H,3-4,7H2,(H,12,13)(H,14,15). The Balaban J connectivity index is 2.26. The lowest BCUT2D eigenvalue weighted by Gasteiger charge is -2.01. The number of aromatic nitrogens is 1. The molecule has 1 heterocycles. The van der Waals surface area contributed by atoms with E-state index in [1.807, 2.05) is 6.07 Å². The Hall–Kier alpha value is -1.91. The molecule has 15 heavy (non-hydrogen) atoms. The average molecular weight is 208 g/mol. The number of amides is 1. The fraction of sp³-hybridized carbons (Fsp3) is 0.300. The quantitative estimate of drug-likeness (QED) is 0.725. The molecular formula is C10H12N2O3. The van der Waals surface area contributed by atoms with Gasteiger partial charge in [0.2, 0.25) is 5.91 Å². The Morgan fingerprint density at radius 2 is 2.27 bits per heavy atom. The fourth-order valence-electron chi connectivity index (χ4n) is 1.07. The number of aliphatic carboxylic acids is 1. The average Bonchev–Trinajstić information content (AvgIpc) is 2.25. The SMILES string of the molecule is O=C(O)CNC(=O)CCc1cccnc1. The Bertz CT molecular complexity index is 338. The molecule has 0 bridgehead atoms. The van der Waals surface area contributed by atoms with Crippen LogP contribution in [0, 0.1) is 0 Å². The van der Waals surface area contributed by atoms with Crippen LogP contribution in [0.4, 0.5) is 0 Å². The van der Waals surface area contributed by atoms with Gasteiger partial charge in [0.1, 0.15) is 6.54 Å². The van der Waals surface area contributed by atoms with Crippen molar-refractivity contribution in [3.8, 4) is 0 Å². The first-order chi connectivity index (χ1) is 7.18. The van der Waals surface area contributed by atoms with Crippen molar-refractivity contribution in [2.45, 2.75) is 12.8 Å². The number of nitrogens with one attached hydrogen (secondary N) is 1. The number of carboxylic acids is 1. The van der Waals surface area contributed by atoms with Crippen molar-refractivity contribution >= 4 is 11.9 Å². The molecule has 0 saturated heterocycles. The van der Waals surface area contributed by atoms with Crippen molar-refractivity contribution in [1.29, 1.82) is 0 Å². The summed E-state index contributed by atoms with van der Waals surface area (Å²) in [7, 11) is 0. The van der Waals surface area contributed by atoms with Crippen molar-refractivity contribution in [1.82, 2.24) is 10.3 Å². The third kappa shape index (κ3) is 4.75. The van der Waals surface area contributed by atoms with Crippen molar-refractivity contribution in [3.05, 3.63) is 30.1 Å². The molecule has 1 aromatic heterocycles. The molecule has 0 fully saturated rings. The van der Waals surface area contributed by atoms with Gasteiger partial charge in [-0.2, -0.15) is 0 Å². The van der Waals surface area contributed by atoms with Crippen LogP contribution in [0.2, 0.25) is 0 Å². The lowest BCUT2D eigenvalue weighted by Crippen LogP contribution is -2.29. The molecule has 0 radical (unpaired) electrons. The van der Waals surface area contributed by atoms with E-state index in [-0.39, 0.29) is 18.9 Å². The first-order valence-electron chi connectivity index (χ1n) is 4.56. The van der Waals surface area contributed by atoms with Gasteiger partial charge >= 0.3 is 5.97 Å². The van der Waals surface area contributed by atoms with Crippen molar-refractivity contribution in [2.75, 3.05) is 6.54 Å². The molecule has 0 saturated carbocycles. The van der Waals surface area contributed by atoms with E-state index in [0.29, 0.717) is 6.42 Å². The summed E-state index contributed by atoms with van der Waals surface area (Å²) < 4.78 is 0. The zero-order valence-electron chi connectivity index (χ0n) is 8.14. The van der Waals surface area contributed by atoms with E-state index in [0.717, 1.165) is 5.56 Å². The maximum absolute atomic E-state index is 11.1. The molecule has 0 aliphatic heterocycles. The molecule has 5 nitrogen and oxygen atoms in total. The topological polar surface area (TPSA) is 79.3 Å². The van der Waals surface area contributed by atoms with Crippen molar-refractivity contribution in [3.63, 3.8) is 0 Å². The van der Waals surface area contributed by atoms with Gasteiger partial charge in [0.15, 0.2) is 0 Å². The van der Waals surface area contributed by atoms with Crippen molar-refractivity contribution in [2.24, 2.45) is 0 Å². The Morgan fingerprint density at radius 1 is 1.47 bits per heavy atom. The molecule has 1 rings (SSSR count). The largest absolute Gasteiger partial charge is 0.480 e. The molecule has 2 N–H and O–H groups in total. The van der Waals surface area contributed by atoms with Crippen LogP contribution in [0.25, 0.3) is 0 Å². The first kappa shape index (κ1) is 11.2. The minimum atomic E-state index is -1.04. The number of pyridine rings is 1. The maximum atomic E-state index is 11.1. The van der Waals surface area contributed by atoms with E-state index in [1.165, 1.54) is 0 Å². The summed E-state index contributed by atoms with van der Waals surface area (Å²) in [5, 5.41) is 10.6. The highest BCUT2D eigenvalue weighted by Crippen LogP contribution is 1.99. The molecule has 1 aromatic rings. The highest BCUT2D eigenvalue weighted by molar-refractivity contribution is 5.81. The van der Waals surface area contributed by atoms with Gasteiger partial charge in [-0.15, -0.1) is 0 Å². The number of hydrogen-bond acceptors (Lipinski definition) is 3. The van der Waals surface area contributed by atoms with Crippen LogP contribution in [0.1, 0.15) is 12.0 Å². The first-order valence-corrected chi connectivity index (χ1v) is 4.56. The lowest BCUT2D eigenvalue weighted by molar-refractivity contribution is -0.137. The number of rotatable bonds is 5. The van der Waals surface area contributed by atoms with Gasteiger partial charge in [-0.05, 0) is 18.1 Å². The minimum absolute atomic E-state index is 0.263. The van der Waals surface area contributed by atoms with E-state index in [1.54, 1.807) is 18.5 Å². The summed E-state index contributed by atoms with van der Waals surface area (Å²) in [5.74, 6) is -1.30. The summed E-state index contributed by atoms with van der Waals surface area (Å²) >= 11 is 0. The number of nitrogens with zero attached hydrogens (tertiary/aromatic N) is 1. The molecule has 0 aromatic carbocycles. The third-order valence-electron chi connectivity index (χ3n) is 1.80. The summed E-state index contributed by atoms with van der Waals surface area (Å²) in [6.07, 6.45) is 4.19. The van der Waals surface area contributed by atoms with Crippen LogP contribution in [-0.4, -0.2) is 28.5 Å². The van der Waals surface area contributed by atoms with Gasteiger partial charge in [0.25, 0.3) is 0 Å². The molecule has 0 spiro atoms. The van der Waals surface area contributed by atoms with Crippen LogP contribution in [0.15, 0.2) is 24.5 Å². The monoisotopic (exact) mass is 208 g/mol. The molecular weight excluding hydrogens is 196 g/mol. The summed E-state index contributed by atoms with van der Waals surface area (Å²) in [6, 6.07) is 3.67. The molecule has 0 atom stereocenters. The number of hydrogen-bond donors (Lipinski definition) is 2. The minimum Gasteiger partial charge on any atom is -0.480 e.